The van der Waals surface area contributed by atoms with Gasteiger partial charge >= 0.3 is 5.97 Å². The van der Waals surface area contributed by atoms with Crippen molar-refractivity contribution in [1.29, 1.82) is 0 Å². The Labute approximate surface area is 139 Å². The smallest absolute Gasteiger partial charge is 0.318 e. The van der Waals surface area contributed by atoms with Crippen LogP contribution in [0.15, 0.2) is 0 Å². The third-order valence-corrected chi connectivity index (χ3v) is 4.67. The van der Waals surface area contributed by atoms with E-state index in [9.17, 15) is 4.79 Å². The van der Waals surface area contributed by atoms with Crippen molar-refractivity contribution in [3.8, 4) is 0 Å². The number of hydrogen-bond acceptors (Lipinski definition) is 2. The van der Waals surface area contributed by atoms with Crippen LogP contribution < -0.4 is 0 Å². The molecule has 0 bridgehead atoms. The van der Waals surface area contributed by atoms with Gasteiger partial charge in [-0.15, -0.1) is 0 Å². The van der Waals surface area contributed by atoms with Crippen molar-refractivity contribution in [3.63, 3.8) is 0 Å². The highest BCUT2D eigenvalue weighted by Crippen LogP contribution is 2.12. The first kappa shape index (κ1) is 20.2. The first-order valence-electron chi connectivity index (χ1n) is 8.53. The quantitative estimate of drug-likeness (QED) is 0.155. The van der Waals surface area contributed by atoms with Crippen LogP contribution in [0.4, 0.5) is 0 Å². The molecule has 1 atom stereocenters. The molecule has 0 rings (SSSR count). The van der Waals surface area contributed by atoms with Crippen LogP contribution in [-0.2, 0) is 9.53 Å². The fourth-order valence-electron chi connectivity index (χ4n) is 2.22. The summed E-state index contributed by atoms with van der Waals surface area (Å²) in [5, 5.41) is 0. The van der Waals surface area contributed by atoms with Crippen molar-refractivity contribution in [3.05, 3.63) is 0 Å². The topological polar surface area (TPSA) is 26.3 Å². The number of hydrogen-bond donors (Lipinski definition) is 0. The molecular formula is C17H33IO2. The van der Waals surface area contributed by atoms with Crippen LogP contribution in [0.1, 0.15) is 90.9 Å². The van der Waals surface area contributed by atoms with Gasteiger partial charge < -0.3 is 4.74 Å². The molecule has 120 valence electrons. The predicted molar refractivity (Wildman–Crippen MR) is 95.5 cm³/mol. The Morgan fingerprint density at radius 1 is 0.850 bits per heavy atom. The maximum Gasteiger partial charge on any atom is 0.318 e. The second-order valence-electron chi connectivity index (χ2n) is 5.61. The molecule has 1 unspecified atom stereocenters. The molecule has 20 heavy (non-hydrogen) atoms. The van der Waals surface area contributed by atoms with Crippen molar-refractivity contribution >= 4 is 28.6 Å². The zero-order valence-corrected chi connectivity index (χ0v) is 15.6. The van der Waals surface area contributed by atoms with Crippen LogP contribution in [0.5, 0.6) is 0 Å². The van der Waals surface area contributed by atoms with E-state index in [4.69, 9.17) is 4.74 Å². The highest BCUT2D eigenvalue weighted by atomic mass is 127. The number of ether oxygens (including phenoxy) is 1. The lowest BCUT2D eigenvalue weighted by Crippen LogP contribution is -2.17. The average Bonchev–Trinajstić information content (AvgIpc) is 2.44. The Kier molecular flexibility index (Phi) is 15.7. The van der Waals surface area contributed by atoms with E-state index < -0.39 is 0 Å². The van der Waals surface area contributed by atoms with E-state index in [0.717, 1.165) is 19.3 Å². The molecule has 0 aromatic carbocycles. The molecule has 3 heteroatoms. The van der Waals surface area contributed by atoms with Gasteiger partial charge in [-0.1, -0.05) is 101 Å². The predicted octanol–water partition coefficient (Wildman–Crippen LogP) is 6.05. The monoisotopic (exact) mass is 396 g/mol. The highest BCUT2D eigenvalue weighted by Gasteiger charge is 2.14. The van der Waals surface area contributed by atoms with Crippen molar-refractivity contribution in [2.45, 2.75) is 94.8 Å². The van der Waals surface area contributed by atoms with Crippen LogP contribution in [0.3, 0.4) is 0 Å². The standard InChI is InChI=1S/C17H33IO2/c1-3-5-6-7-8-9-10-11-12-13-15-20-17(19)16(18)14-4-2/h16H,3-15H2,1-2H3. The van der Waals surface area contributed by atoms with Gasteiger partial charge in [-0.25, -0.2) is 0 Å². The van der Waals surface area contributed by atoms with E-state index in [1.165, 1.54) is 57.8 Å². The van der Waals surface area contributed by atoms with E-state index in [2.05, 4.69) is 36.4 Å². The highest BCUT2D eigenvalue weighted by molar-refractivity contribution is 14.1. The lowest BCUT2D eigenvalue weighted by Gasteiger charge is -2.09. The zero-order chi connectivity index (χ0) is 15.1. The van der Waals surface area contributed by atoms with Gasteiger partial charge in [0.2, 0.25) is 0 Å². The first-order valence-corrected chi connectivity index (χ1v) is 9.77. The summed E-state index contributed by atoms with van der Waals surface area (Å²) in [5.74, 6) is -0.0247. The molecule has 0 aliphatic rings. The second-order valence-corrected chi connectivity index (χ2v) is 7.11. The summed E-state index contributed by atoms with van der Waals surface area (Å²) >= 11 is 2.19. The van der Waals surface area contributed by atoms with Crippen molar-refractivity contribution in [2.24, 2.45) is 0 Å². The fraction of sp³-hybridized carbons (Fsp3) is 0.941. The van der Waals surface area contributed by atoms with E-state index >= 15 is 0 Å². The van der Waals surface area contributed by atoms with Gasteiger partial charge in [0.15, 0.2) is 0 Å². The summed E-state index contributed by atoms with van der Waals surface area (Å²) in [6.45, 7) is 4.97. The van der Waals surface area contributed by atoms with Crippen LogP contribution in [-0.4, -0.2) is 16.5 Å². The summed E-state index contributed by atoms with van der Waals surface area (Å²) in [6, 6.07) is 0. The Morgan fingerprint density at radius 2 is 1.35 bits per heavy atom. The summed E-state index contributed by atoms with van der Waals surface area (Å²) in [6.07, 6.45) is 15.1. The molecule has 0 amide bonds. The molecule has 0 saturated heterocycles. The third-order valence-electron chi connectivity index (χ3n) is 3.54. The molecular weight excluding hydrogens is 363 g/mol. The van der Waals surface area contributed by atoms with Crippen molar-refractivity contribution in [1.82, 2.24) is 0 Å². The minimum atomic E-state index is -0.0247. The average molecular weight is 396 g/mol. The SMILES string of the molecule is CCCCCCCCCCCCOC(=O)C(I)CCC. The van der Waals surface area contributed by atoms with Crippen molar-refractivity contribution in [2.75, 3.05) is 6.61 Å². The zero-order valence-electron chi connectivity index (χ0n) is 13.5. The number of rotatable bonds is 14. The number of unbranched alkanes of at least 4 members (excludes halogenated alkanes) is 9. The molecule has 0 fully saturated rings. The van der Waals surface area contributed by atoms with E-state index in [1.54, 1.807) is 0 Å². The second kappa shape index (κ2) is 15.6. The van der Waals surface area contributed by atoms with Gasteiger partial charge in [-0.05, 0) is 12.8 Å². The van der Waals surface area contributed by atoms with Gasteiger partial charge in [0.25, 0.3) is 0 Å². The van der Waals surface area contributed by atoms with Gasteiger partial charge in [-0.3, -0.25) is 4.79 Å². The number of alkyl halides is 1. The van der Waals surface area contributed by atoms with E-state index in [-0.39, 0.29) is 9.89 Å². The van der Waals surface area contributed by atoms with Crippen LogP contribution in [0.2, 0.25) is 0 Å². The molecule has 0 aliphatic carbocycles. The van der Waals surface area contributed by atoms with E-state index in [1.807, 2.05) is 0 Å². The Balaban J connectivity index is 3.18. The summed E-state index contributed by atoms with van der Waals surface area (Å²) in [4.78, 5) is 11.6. The molecule has 0 radical (unpaired) electrons. The molecule has 0 N–H and O–H groups in total. The minimum Gasteiger partial charge on any atom is -0.465 e. The maximum atomic E-state index is 11.6. The number of halogens is 1. The van der Waals surface area contributed by atoms with Gasteiger partial charge in [-0.2, -0.15) is 0 Å². The maximum absolute atomic E-state index is 11.6. The summed E-state index contributed by atoms with van der Waals surface area (Å²) < 4.78 is 5.32. The summed E-state index contributed by atoms with van der Waals surface area (Å²) in [7, 11) is 0. The Bertz CT molecular complexity index is 219. The van der Waals surface area contributed by atoms with Crippen molar-refractivity contribution < 1.29 is 9.53 Å². The minimum absolute atomic E-state index is 0.0247. The molecule has 0 heterocycles. The van der Waals surface area contributed by atoms with Gasteiger partial charge in [0.05, 0.1) is 6.61 Å². The molecule has 0 aromatic rings. The van der Waals surface area contributed by atoms with Gasteiger partial charge in [0.1, 0.15) is 3.92 Å². The Morgan fingerprint density at radius 3 is 1.85 bits per heavy atom. The number of esters is 1. The molecule has 0 aliphatic heterocycles. The number of carbonyl (C=O) groups excluding carboxylic acids is 1. The van der Waals surface area contributed by atoms with Crippen LogP contribution in [0, 0.1) is 0 Å². The summed E-state index contributed by atoms with van der Waals surface area (Å²) in [5.41, 5.74) is 0. The molecule has 2 nitrogen and oxygen atoms in total. The molecule has 0 saturated carbocycles. The molecule has 0 spiro atoms. The Hall–Kier alpha value is 0.200. The normalized spacial score (nSPS) is 12.3. The lowest BCUT2D eigenvalue weighted by molar-refractivity contribution is -0.142. The van der Waals surface area contributed by atoms with Gasteiger partial charge in [0, 0.05) is 0 Å². The van der Waals surface area contributed by atoms with Crippen LogP contribution >= 0.6 is 22.6 Å². The number of carbonyl (C=O) groups is 1. The third kappa shape index (κ3) is 13.2. The largest absolute Gasteiger partial charge is 0.465 e. The first-order chi connectivity index (χ1) is 9.72. The van der Waals surface area contributed by atoms with Crippen LogP contribution in [0.25, 0.3) is 0 Å². The van der Waals surface area contributed by atoms with E-state index in [0.29, 0.717) is 6.61 Å². The lowest BCUT2D eigenvalue weighted by atomic mass is 10.1. The molecule has 0 aromatic heterocycles. The fourth-order valence-corrected chi connectivity index (χ4v) is 3.03.